The lowest BCUT2D eigenvalue weighted by atomic mass is 9.72. The molecule has 4 heteroatoms. The van der Waals surface area contributed by atoms with Crippen LogP contribution in [-0.2, 0) is 11.3 Å². The van der Waals surface area contributed by atoms with Gasteiger partial charge in [-0.15, -0.1) is 11.3 Å². The van der Waals surface area contributed by atoms with E-state index in [1.807, 2.05) is 5.38 Å². The van der Waals surface area contributed by atoms with Crippen molar-refractivity contribution in [3.63, 3.8) is 0 Å². The second-order valence-electron chi connectivity index (χ2n) is 6.07. The molecule has 1 aromatic rings. The molecule has 0 radical (unpaired) electrons. The molecule has 100 valence electrons. The van der Waals surface area contributed by atoms with Crippen molar-refractivity contribution in [1.82, 2.24) is 10.3 Å². The van der Waals surface area contributed by atoms with E-state index in [2.05, 4.69) is 24.1 Å². The maximum atomic E-state index is 11.8. The number of rotatable bonds is 4. The molecule has 1 fully saturated rings. The lowest BCUT2D eigenvalue weighted by Crippen LogP contribution is -2.28. The van der Waals surface area contributed by atoms with Crippen molar-refractivity contribution in [3.8, 4) is 0 Å². The van der Waals surface area contributed by atoms with Crippen LogP contribution in [0.5, 0.6) is 0 Å². The van der Waals surface area contributed by atoms with E-state index in [1.165, 1.54) is 25.7 Å². The summed E-state index contributed by atoms with van der Waals surface area (Å²) in [6.45, 7) is 5.22. The van der Waals surface area contributed by atoms with Gasteiger partial charge in [0.25, 0.3) is 0 Å². The van der Waals surface area contributed by atoms with E-state index in [0.29, 0.717) is 24.3 Å². The van der Waals surface area contributed by atoms with Crippen molar-refractivity contribution in [2.75, 3.05) is 0 Å². The standard InChI is InChI=1S/C14H22N2OS/c1-14(2)5-3-11(4-6-14)7-13(17)15-8-12-9-18-10-16-12/h9-11H,3-8H2,1-2H3,(H,15,17). The predicted octanol–water partition coefficient (Wildman–Crippen LogP) is 3.37. The number of nitrogens with zero attached hydrogens (tertiary/aromatic N) is 1. The van der Waals surface area contributed by atoms with Crippen molar-refractivity contribution in [1.29, 1.82) is 0 Å². The largest absolute Gasteiger partial charge is 0.350 e. The van der Waals surface area contributed by atoms with Crippen LogP contribution < -0.4 is 5.32 Å². The zero-order valence-corrected chi connectivity index (χ0v) is 12.1. The first-order valence-electron chi connectivity index (χ1n) is 6.69. The van der Waals surface area contributed by atoms with E-state index in [0.717, 1.165) is 5.69 Å². The predicted molar refractivity (Wildman–Crippen MR) is 74.3 cm³/mol. The van der Waals surface area contributed by atoms with Crippen LogP contribution in [0.1, 0.15) is 51.6 Å². The Balaban J connectivity index is 1.69. The third-order valence-corrected chi connectivity index (χ3v) is 4.52. The summed E-state index contributed by atoms with van der Waals surface area (Å²) in [5.74, 6) is 0.751. The van der Waals surface area contributed by atoms with Gasteiger partial charge in [-0.3, -0.25) is 4.79 Å². The van der Waals surface area contributed by atoms with Crippen molar-refractivity contribution in [3.05, 3.63) is 16.6 Å². The monoisotopic (exact) mass is 266 g/mol. The zero-order chi connectivity index (χ0) is 13.0. The second kappa shape index (κ2) is 5.83. The van der Waals surface area contributed by atoms with E-state index >= 15 is 0 Å². The second-order valence-corrected chi connectivity index (χ2v) is 6.79. The molecule has 0 atom stereocenters. The highest BCUT2D eigenvalue weighted by Gasteiger charge is 2.27. The fraction of sp³-hybridized carbons (Fsp3) is 0.714. The van der Waals surface area contributed by atoms with Crippen LogP contribution in [0.25, 0.3) is 0 Å². The Bertz CT molecular complexity index is 377. The van der Waals surface area contributed by atoms with E-state index < -0.39 is 0 Å². The van der Waals surface area contributed by atoms with E-state index in [-0.39, 0.29) is 5.91 Å². The maximum absolute atomic E-state index is 11.8. The smallest absolute Gasteiger partial charge is 0.220 e. The van der Waals surface area contributed by atoms with Gasteiger partial charge in [-0.2, -0.15) is 0 Å². The molecule has 3 nitrogen and oxygen atoms in total. The highest BCUT2D eigenvalue weighted by Crippen LogP contribution is 2.39. The Hall–Kier alpha value is -0.900. The van der Waals surface area contributed by atoms with Crippen LogP contribution in [0.4, 0.5) is 0 Å². The molecule has 0 aliphatic heterocycles. The fourth-order valence-corrected chi connectivity index (χ4v) is 3.07. The van der Waals surface area contributed by atoms with E-state index in [1.54, 1.807) is 16.8 Å². The Morgan fingerprint density at radius 2 is 2.22 bits per heavy atom. The van der Waals surface area contributed by atoms with Gasteiger partial charge in [0.05, 0.1) is 17.7 Å². The zero-order valence-electron chi connectivity index (χ0n) is 11.2. The minimum absolute atomic E-state index is 0.174. The average Bonchev–Trinajstić information content (AvgIpc) is 2.82. The van der Waals surface area contributed by atoms with Crippen molar-refractivity contribution >= 4 is 17.2 Å². The van der Waals surface area contributed by atoms with Crippen molar-refractivity contribution < 1.29 is 4.79 Å². The Morgan fingerprint density at radius 3 is 2.83 bits per heavy atom. The van der Waals surface area contributed by atoms with Gasteiger partial charge in [0.15, 0.2) is 0 Å². The topological polar surface area (TPSA) is 42.0 Å². The molecule has 1 saturated carbocycles. The minimum atomic E-state index is 0.174. The summed E-state index contributed by atoms with van der Waals surface area (Å²) in [6, 6.07) is 0. The van der Waals surface area contributed by atoms with Crippen LogP contribution in [0.15, 0.2) is 10.9 Å². The normalized spacial score (nSPS) is 19.7. The number of hydrogen-bond donors (Lipinski definition) is 1. The first-order chi connectivity index (χ1) is 8.55. The Kier molecular flexibility index (Phi) is 4.38. The van der Waals surface area contributed by atoms with Gasteiger partial charge in [-0.25, -0.2) is 4.98 Å². The Labute approximate surface area is 113 Å². The van der Waals surface area contributed by atoms with Crippen molar-refractivity contribution in [2.45, 2.75) is 52.5 Å². The van der Waals surface area contributed by atoms with E-state index in [9.17, 15) is 4.79 Å². The summed E-state index contributed by atoms with van der Waals surface area (Å²) in [5, 5.41) is 4.93. The van der Waals surface area contributed by atoms with Gasteiger partial charge < -0.3 is 5.32 Å². The molecule has 1 N–H and O–H groups in total. The average molecular weight is 266 g/mol. The molecule has 1 heterocycles. The number of carbonyl (C=O) groups is 1. The van der Waals surface area contributed by atoms with Crippen molar-refractivity contribution in [2.24, 2.45) is 11.3 Å². The van der Waals surface area contributed by atoms with Crippen LogP contribution in [0, 0.1) is 11.3 Å². The highest BCUT2D eigenvalue weighted by molar-refractivity contribution is 7.07. The lowest BCUT2D eigenvalue weighted by molar-refractivity contribution is -0.122. The third kappa shape index (κ3) is 4.09. The number of aromatic nitrogens is 1. The third-order valence-electron chi connectivity index (χ3n) is 3.88. The minimum Gasteiger partial charge on any atom is -0.350 e. The molecule has 18 heavy (non-hydrogen) atoms. The molecule has 0 aromatic carbocycles. The summed E-state index contributed by atoms with van der Waals surface area (Å²) in [4.78, 5) is 16.0. The van der Waals surface area contributed by atoms with Crippen LogP contribution in [0.3, 0.4) is 0 Å². The van der Waals surface area contributed by atoms with Gasteiger partial charge in [-0.1, -0.05) is 13.8 Å². The maximum Gasteiger partial charge on any atom is 0.220 e. The van der Waals surface area contributed by atoms with Crippen LogP contribution >= 0.6 is 11.3 Å². The fourth-order valence-electron chi connectivity index (χ4n) is 2.51. The van der Waals surface area contributed by atoms with Gasteiger partial charge in [-0.05, 0) is 37.0 Å². The van der Waals surface area contributed by atoms with Crippen LogP contribution in [-0.4, -0.2) is 10.9 Å². The summed E-state index contributed by atoms with van der Waals surface area (Å²) in [6.07, 6.45) is 5.56. The quantitative estimate of drug-likeness (QED) is 0.908. The molecule has 0 saturated heterocycles. The van der Waals surface area contributed by atoms with E-state index in [4.69, 9.17) is 0 Å². The summed E-state index contributed by atoms with van der Waals surface area (Å²) in [5.41, 5.74) is 3.23. The van der Waals surface area contributed by atoms with Gasteiger partial charge in [0.1, 0.15) is 0 Å². The Morgan fingerprint density at radius 1 is 1.50 bits per heavy atom. The SMILES string of the molecule is CC1(C)CCC(CC(=O)NCc2cscn2)CC1. The number of nitrogens with one attached hydrogen (secondary N) is 1. The first kappa shape index (κ1) is 13.5. The van der Waals surface area contributed by atoms with Gasteiger partial charge in [0, 0.05) is 11.8 Å². The number of thiazole rings is 1. The van der Waals surface area contributed by atoms with Crippen LogP contribution in [0.2, 0.25) is 0 Å². The molecule has 0 unspecified atom stereocenters. The van der Waals surface area contributed by atoms with Gasteiger partial charge >= 0.3 is 0 Å². The molecule has 1 amide bonds. The molecule has 1 aromatic heterocycles. The molecular weight excluding hydrogens is 244 g/mol. The lowest BCUT2D eigenvalue weighted by Gasteiger charge is -2.34. The van der Waals surface area contributed by atoms with Gasteiger partial charge in [0.2, 0.25) is 5.91 Å². The molecule has 0 spiro atoms. The molecule has 1 aliphatic rings. The summed E-state index contributed by atoms with van der Waals surface area (Å²) >= 11 is 1.56. The number of carbonyl (C=O) groups excluding carboxylic acids is 1. The summed E-state index contributed by atoms with van der Waals surface area (Å²) in [7, 11) is 0. The molecule has 2 rings (SSSR count). The molecule has 1 aliphatic carbocycles. The summed E-state index contributed by atoms with van der Waals surface area (Å²) < 4.78 is 0. The highest BCUT2D eigenvalue weighted by atomic mass is 32.1. The first-order valence-corrected chi connectivity index (χ1v) is 7.63. The molecule has 0 bridgehead atoms. The number of amides is 1. The molecular formula is C14H22N2OS. The number of hydrogen-bond acceptors (Lipinski definition) is 3.